The highest BCUT2D eigenvalue weighted by Gasteiger charge is 2.02. The van der Waals surface area contributed by atoms with Crippen LogP contribution >= 0.6 is 0 Å². The molecule has 0 amide bonds. The molecule has 1 rings (SSSR count). The summed E-state index contributed by atoms with van der Waals surface area (Å²) in [5.74, 6) is -0.716. The van der Waals surface area contributed by atoms with E-state index in [0.717, 1.165) is 18.7 Å². The van der Waals surface area contributed by atoms with E-state index < -0.39 is 0 Å². The molecule has 0 aliphatic heterocycles. The molecular weight excluding hydrogens is 172 g/mol. The summed E-state index contributed by atoms with van der Waals surface area (Å²) in [5, 5.41) is 3.05. The summed E-state index contributed by atoms with van der Waals surface area (Å²) in [6, 6.07) is 3.54. The molecule has 0 bridgehead atoms. The van der Waals surface area contributed by atoms with Gasteiger partial charge in [0, 0.05) is 0 Å². The monoisotopic (exact) mass is 185 g/mol. The summed E-state index contributed by atoms with van der Waals surface area (Å²) < 4.78 is 25.7. The van der Waals surface area contributed by atoms with Crippen molar-refractivity contribution in [3.8, 4) is 0 Å². The van der Waals surface area contributed by atoms with E-state index in [1.54, 1.807) is 0 Å². The first kappa shape index (κ1) is 10.1. The van der Waals surface area contributed by atoms with E-state index in [1.807, 2.05) is 6.92 Å². The van der Waals surface area contributed by atoms with Crippen molar-refractivity contribution in [3.63, 3.8) is 0 Å². The second kappa shape index (κ2) is 4.92. The summed E-state index contributed by atoms with van der Waals surface area (Å²) >= 11 is 0. The maximum Gasteiger partial charge on any atom is 0.126 e. The molecule has 0 atom stereocenters. The molecule has 0 unspecified atom stereocenters. The molecule has 0 aromatic heterocycles. The smallest absolute Gasteiger partial charge is 0.126 e. The maximum atomic E-state index is 13.0. The topological polar surface area (TPSA) is 12.0 Å². The summed E-state index contributed by atoms with van der Waals surface area (Å²) in [4.78, 5) is 0. The number of benzene rings is 1. The van der Waals surface area contributed by atoms with Crippen molar-refractivity contribution in [2.24, 2.45) is 0 Å². The Bertz CT molecular complexity index is 274. The Labute approximate surface area is 76.8 Å². The first-order valence-corrected chi connectivity index (χ1v) is 4.38. The number of nitrogens with one attached hydrogen (secondary N) is 1. The fourth-order valence-corrected chi connectivity index (χ4v) is 1.13. The number of hydrogen-bond donors (Lipinski definition) is 1. The molecule has 0 spiro atoms. The van der Waals surface area contributed by atoms with Gasteiger partial charge in [-0.2, -0.15) is 0 Å². The van der Waals surface area contributed by atoms with Crippen LogP contribution in [-0.2, 0) is 6.42 Å². The van der Waals surface area contributed by atoms with Crippen LogP contribution in [0.4, 0.5) is 8.78 Å². The Morgan fingerprint density at radius 1 is 1.31 bits per heavy atom. The third-order valence-corrected chi connectivity index (χ3v) is 1.83. The number of hydrogen-bond acceptors (Lipinski definition) is 1. The molecule has 0 saturated carbocycles. The van der Waals surface area contributed by atoms with Crippen molar-refractivity contribution < 1.29 is 8.78 Å². The fourth-order valence-electron chi connectivity index (χ4n) is 1.13. The second-order valence-electron chi connectivity index (χ2n) is 2.84. The lowest BCUT2D eigenvalue weighted by Gasteiger charge is -2.03. The van der Waals surface area contributed by atoms with E-state index >= 15 is 0 Å². The second-order valence-corrected chi connectivity index (χ2v) is 2.84. The van der Waals surface area contributed by atoms with E-state index in [4.69, 9.17) is 0 Å². The van der Waals surface area contributed by atoms with Gasteiger partial charge in [0.15, 0.2) is 0 Å². The molecule has 3 heteroatoms. The predicted molar refractivity (Wildman–Crippen MR) is 48.6 cm³/mol. The zero-order valence-electron chi connectivity index (χ0n) is 7.61. The third kappa shape index (κ3) is 3.11. The molecule has 0 heterocycles. The van der Waals surface area contributed by atoms with Crippen LogP contribution in [0.1, 0.15) is 12.5 Å². The van der Waals surface area contributed by atoms with Crippen molar-refractivity contribution in [2.75, 3.05) is 13.1 Å². The van der Waals surface area contributed by atoms with Crippen LogP contribution in [0.25, 0.3) is 0 Å². The summed E-state index contributed by atoms with van der Waals surface area (Å²) in [6.45, 7) is 3.50. The van der Waals surface area contributed by atoms with Gasteiger partial charge in [0.2, 0.25) is 0 Å². The molecule has 0 fully saturated rings. The lowest BCUT2D eigenvalue weighted by atomic mass is 10.1. The van der Waals surface area contributed by atoms with Gasteiger partial charge in [0.1, 0.15) is 11.6 Å². The maximum absolute atomic E-state index is 13.0. The van der Waals surface area contributed by atoms with Crippen LogP contribution in [0.3, 0.4) is 0 Å². The number of halogens is 2. The van der Waals surface area contributed by atoms with E-state index in [0.29, 0.717) is 18.5 Å². The highest BCUT2D eigenvalue weighted by molar-refractivity contribution is 5.18. The molecule has 1 N–H and O–H groups in total. The normalized spacial score (nSPS) is 10.4. The minimum Gasteiger partial charge on any atom is -0.317 e. The molecular formula is C10H13F2N. The van der Waals surface area contributed by atoms with E-state index in [9.17, 15) is 8.78 Å². The van der Waals surface area contributed by atoms with Crippen LogP contribution in [-0.4, -0.2) is 13.1 Å². The minimum atomic E-state index is -0.382. The largest absolute Gasteiger partial charge is 0.317 e. The first-order chi connectivity index (χ1) is 6.24. The molecule has 1 aromatic rings. The Morgan fingerprint density at radius 3 is 2.77 bits per heavy atom. The highest BCUT2D eigenvalue weighted by atomic mass is 19.1. The summed E-state index contributed by atoms with van der Waals surface area (Å²) in [5.41, 5.74) is 0.431. The van der Waals surface area contributed by atoms with Gasteiger partial charge < -0.3 is 5.32 Å². The van der Waals surface area contributed by atoms with Crippen LogP contribution in [0, 0.1) is 11.6 Å². The van der Waals surface area contributed by atoms with Gasteiger partial charge in [-0.05, 0) is 43.3 Å². The molecule has 0 radical (unpaired) electrons. The van der Waals surface area contributed by atoms with E-state index in [-0.39, 0.29) is 11.6 Å². The molecule has 0 saturated heterocycles. The van der Waals surface area contributed by atoms with Crippen molar-refractivity contribution in [1.82, 2.24) is 5.32 Å². The van der Waals surface area contributed by atoms with Gasteiger partial charge in [-0.1, -0.05) is 6.92 Å². The van der Waals surface area contributed by atoms with Crippen molar-refractivity contribution in [3.05, 3.63) is 35.4 Å². The average Bonchev–Trinajstić information content (AvgIpc) is 2.11. The van der Waals surface area contributed by atoms with E-state index in [2.05, 4.69) is 5.32 Å². The van der Waals surface area contributed by atoms with Gasteiger partial charge in [0.25, 0.3) is 0 Å². The van der Waals surface area contributed by atoms with Gasteiger partial charge >= 0.3 is 0 Å². The summed E-state index contributed by atoms with van der Waals surface area (Å²) in [6.07, 6.45) is 0.525. The quantitative estimate of drug-likeness (QED) is 0.708. The Kier molecular flexibility index (Phi) is 3.83. The molecule has 1 nitrogen and oxygen atoms in total. The minimum absolute atomic E-state index is 0.334. The summed E-state index contributed by atoms with van der Waals surface area (Å²) in [7, 11) is 0. The first-order valence-electron chi connectivity index (χ1n) is 4.38. The standard InChI is InChI=1S/C10H13F2N/c1-2-13-6-5-8-7-9(11)3-4-10(8)12/h3-4,7,13H,2,5-6H2,1H3. The zero-order chi connectivity index (χ0) is 9.68. The SMILES string of the molecule is CCNCCc1cc(F)ccc1F. The van der Waals surface area contributed by atoms with Crippen molar-refractivity contribution in [1.29, 1.82) is 0 Å². The zero-order valence-corrected chi connectivity index (χ0v) is 7.61. The lowest BCUT2D eigenvalue weighted by Crippen LogP contribution is -2.16. The molecule has 72 valence electrons. The van der Waals surface area contributed by atoms with Crippen LogP contribution in [0.2, 0.25) is 0 Å². The van der Waals surface area contributed by atoms with Crippen LogP contribution < -0.4 is 5.32 Å². The molecule has 0 aliphatic carbocycles. The molecule has 1 aromatic carbocycles. The fraction of sp³-hybridized carbons (Fsp3) is 0.400. The van der Waals surface area contributed by atoms with Crippen LogP contribution in [0.15, 0.2) is 18.2 Å². The van der Waals surface area contributed by atoms with Crippen molar-refractivity contribution in [2.45, 2.75) is 13.3 Å². The third-order valence-electron chi connectivity index (χ3n) is 1.83. The van der Waals surface area contributed by atoms with Gasteiger partial charge in [-0.3, -0.25) is 0 Å². The van der Waals surface area contributed by atoms with Crippen LogP contribution in [0.5, 0.6) is 0 Å². The lowest BCUT2D eigenvalue weighted by molar-refractivity contribution is 0.579. The Balaban J connectivity index is 2.59. The average molecular weight is 185 g/mol. The van der Waals surface area contributed by atoms with Gasteiger partial charge in [-0.15, -0.1) is 0 Å². The molecule has 0 aliphatic rings. The number of likely N-dealkylation sites (N-methyl/N-ethyl adjacent to an activating group) is 1. The Hall–Kier alpha value is -0.960. The predicted octanol–water partition coefficient (Wildman–Crippen LogP) is 2.12. The van der Waals surface area contributed by atoms with Gasteiger partial charge in [-0.25, -0.2) is 8.78 Å². The highest BCUT2D eigenvalue weighted by Crippen LogP contribution is 2.09. The van der Waals surface area contributed by atoms with Crippen molar-refractivity contribution >= 4 is 0 Å². The Morgan fingerprint density at radius 2 is 2.08 bits per heavy atom. The van der Waals surface area contributed by atoms with E-state index in [1.165, 1.54) is 6.07 Å². The van der Waals surface area contributed by atoms with Gasteiger partial charge in [0.05, 0.1) is 0 Å². The molecule has 13 heavy (non-hydrogen) atoms. The number of rotatable bonds is 4.